The minimum Gasteiger partial charge on any atom is -0.373 e. The molecular weight excluding hydrogens is 222 g/mol. The lowest BCUT2D eigenvalue weighted by Crippen LogP contribution is -2.18. The predicted octanol–water partition coefficient (Wildman–Crippen LogP) is -0.142. The van der Waals surface area contributed by atoms with Gasteiger partial charge in [0.25, 0.3) is 5.56 Å². The minimum absolute atomic E-state index is 0.253. The largest absolute Gasteiger partial charge is 0.373 e. The molecule has 88 valence electrons. The van der Waals surface area contributed by atoms with E-state index >= 15 is 0 Å². The first-order valence-electron chi connectivity index (χ1n) is 4.87. The molecule has 0 saturated carbocycles. The number of hydrogen-bond acceptors (Lipinski definition) is 6. The van der Waals surface area contributed by atoms with Crippen LogP contribution in [0.4, 0.5) is 11.5 Å². The maximum atomic E-state index is 11.6. The van der Waals surface area contributed by atoms with Crippen molar-refractivity contribution in [1.82, 2.24) is 15.0 Å². The first-order chi connectivity index (χ1) is 8.16. The molecule has 7 heteroatoms. The Morgan fingerprint density at radius 2 is 2.24 bits per heavy atom. The van der Waals surface area contributed by atoms with Crippen LogP contribution in [0, 0.1) is 0 Å². The maximum Gasteiger partial charge on any atom is 0.271 e. The summed E-state index contributed by atoms with van der Waals surface area (Å²) in [5.74, 6) is 0.506. The molecule has 17 heavy (non-hydrogen) atoms. The average Bonchev–Trinajstić information content (AvgIpc) is 2.33. The number of aliphatic hydroxyl groups excluding tert-OH is 1. The summed E-state index contributed by atoms with van der Waals surface area (Å²) < 4.78 is 0. The van der Waals surface area contributed by atoms with E-state index in [0.29, 0.717) is 11.5 Å². The lowest BCUT2D eigenvalue weighted by atomic mass is 10.3. The van der Waals surface area contributed by atoms with Crippen molar-refractivity contribution in [3.05, 3.63) is 46.8 Å². The third kappa shape index (κ3) is 2.65. The monoisotopic (exact) mass is 233 g/mol. The third-order valence-electron chi connectivity index (χ3n) is 2.10. The van der Waals surface area contributed by atoms with E-state index in [1.54, 1.807) is 12.3 Å². The van der Waals surface area contributed by atoms with Crippen molar-refractivity contribution >= 4 is 11.5 Å². The van der Waals surface area contributed by atoms with Gasteiger partial charge in [-0.2, -0.15) is 0 Å². The molecule has 0 amide bonds. The van der Waals surface area contributed by atoms with Crippen LogP contribution in [-0.2, 0) is 0 Å². The molecule has 0 aliphatic heterocycles. The van der Waals surface area contributed by atoms with Crippen LogP contribution < -0.4 is 16.6 Å². The molecule has 0 saturated heterocycles. The van der Waals surface area contributed by atoms with Gasteiger partial charge in [0.1, 0.15) is 24.1 Å². The zero-order chi connectivity index (χ0) is 12.3. The zero-order valence-corrected chi connectivity index (χ0v) is 8.79. The molecule has 2 aromatic heterocycles. The van der Waals surface area contributed by atoms with E-state index in [4.69, 9.17) is 10.8 Å². The first kappa shape index (κ1) is 11.2. The number of aliphatic hydroxyl groups is 1. The van der Waals surface area contributed by atoms with E-state index in [0.717, 1.165) is 0 Å². The number of nitrogens with zero attached hydrogens (tertiary/aromatic N) is 2. The maximum absolute atomic E-state index is 11.6. The number of hydrogen-bond donors (Lipinski definition) is 4. The molecule has 2 aromatic rings. The van der Waals surface area contributed by atoms with Crippen molar-refractivity contribution in [3.63, 3.8) is 0 Å². The molecule has 0 aliphatic carbocycles. The highest BCUT2D eigenvalue weighted by atomic mass is 16.3. The van der Waals surface area contributed by atoms with Crippen LogP contribution >= 0.6 is 0 Å². The summed E-state index contributed by atoms with van der Waals surface area (Å²) in [4.78, 5) is 21.8. The average molecular weight is 233 g/mol. The van der Waals surface area contributed by atoms with Crippen molar-refractivity contribution in [2.24, 2.45) is 5.73 Å². The quantitative estimate of drug-likeness (QED) is 0.548. The fourth-order valence-corrected chi connectivity index (χ4v) is 1.26. The summed E-state index contributed by atoms with van der Waals surface area (Å²) in [6.07, 6.45) is 1.73. The van der Waals surface area contributed by atoms with Crippen molar-refractivity contribution in [2.75, 3.05) is 5.32 Å². The molecule has 0 fully saturated rings. The standard InChI is InChI=1S/C10H11N5O2/c11-9(16)6-1-2-7(10(17)15-6)14-8-3-4-12-5-13-8/h1-5,9,16H,11H2,(H,15,17)(H,12,13,14). The number of anilines is 2. The molecule has 0 radical (unpaired) electrons. The van der Waals surface area contributed by atoms with Gasteiger partial charge >= 0.3 is 0 Å². The van der Waals surface area contributed by atoms with E-state index < -0.39 is 6.23 Å². The van der Waals surface area contributed by atoms with E-state index in [2.05, 4.69) is 20.3 Å². The van der Waals surface area contributed by atoms with Gasteiger partial charge in [-0.25, -0.2) is 9.97 Å². The number of aromatic amines is 1. The van der Waals surface area contributed by atoms with Gasteiger partial charge in [-0.05, 0) is 18.2 Å². The topological polar surface area (TPSA) is 117 Å². The number of nitrogens with two attached hydrogens (primary N) is 1. The highest BCUT2D eigenvalue weighted by molar-refractivity contribution is 5.54. The second kappa shape index (κ2) is 4.73. The van der Waals surface area contributed by atoms with Gasteiger partial charge in [0.05, 0.1) is 5.69 Å². The normalized spacial score (nSPS) is 12.1. The third-order valence-corrected chi connectivity index (χ3v) is 2.10. The fraction of sp³-hybridized carbons (Fsp3) is 0.100. The molecule has 0 spiro atoms. The van der Waals surface area contributed by atoms with Gasteiger partial charge in [0.2, 0.25) is 0 Å². The van der Waals surface area contributed by atoms with Crippen LogP contribution in [0.1, 0.15) is 11.9 Å². The Kier molecular flexibility index (Phi) is 3.12. The van der Waals surface area contributed by atoms with Crippen molar-refractivity contribution in [2.45, 2.75) is 6.23 Å². The van der Waals surface area contributed by atoms with Gasteiger partial charge in [-0.3, -0.25) is 4.79 Å². The van der Waals surface area contributed by atoms with Gasteiger partial charge in [0, 0.05) is 6.20 Å². The summed E-state index contributed by atoms with van der Waals surface area (Å²) in [5, 5.41) is 11.9. The minimum atomic E-state index is -1.20. The van der Waals surface area contributed by atoms with E-state index in [-0.39, 0.29) is 11.3 Å². The van der Waals surface area contributed by atoms with E-state index in [1.165, 1.54) is 18.5 Å². The number of H-pyrrole nitrogens is 1. The van der Waals surface area contributed by atoms with Crippen molar-refractivity contribution in [1.29, 1.82) is 0 Å². The molecule has 0 bridgehead atoms. The summed E-state index contributed by atoms with van der Waals surface area (Å²) in [6.45, 7) is 0. The summed E-state index contributed by atoms with van der Waals surface area (Å²) in [6, 6.07) is 4.67. The molecule has 1 unspecified atom stereocenters. The number of pyridine rings is 1. The Morgan fingerprint density at radius 3 is 2.82 bits per heavy atom. The molecular formula is C10H11N5O2. The van der Waals surface area contributed by atoms with Crippen LogP contribution in [0.15, 0.2) is 35.5 Å². The first-order valence-corrected chi connectivity index (χ1v) is 4.87. The van der Waals surface area contributed by atoms with Crippen molar-refractivity contribution < 1.29 is 5.11 Å². The number of aromatic nitrogens is 3. The van der Waals surface area contributed by atoms with Crippen LogP contribution in [0.3, 0.4) is 0 Å². The van der Waals surface area contributed by atoms with E-state index in [1.807, 2.05) is 0 Å². The molecule has 0 aliphatic rings. The second-order valence-corrected chi connectivity index (χ2v) is 3.32. The fourth-order valence-electron chi connectivity index (χ4n) is 1.26. The molecule has 2 heterocycles. The summed E-state index contributed by atoms with van der Waals surface area (Å²) >= 11 is 0. The lowest BCUT2D eigenvalue weighted by Gasteiger charge is -2.07. The highest BCUT2D eigenvalue weighted by Gasteiger charge is 2.05. The van der Waals surface area contributed by atoms with Crippen LogP contribution in [0.2, 0.25) is 0 Å². The summed E-state index contributed by atoms with van der Waals surface area (Å²) in [5.41, 5.74) is 5.41. The van der Waals surface area contributed by atoms with Crippen molar-refractivity contribution in [3.8, 4) is 0 Å². The summed E-state index contributed by atoms with van der Waals surface area (Å²) in [7, 11) is 0. The van der Waals surface area contributed by atoms with Crippen LogP contribution in [0.5, 0.6) is 0 Å². The van der Waals surface area contributed by atoms with Gasteiger partial charge in [-0.1, -0.05) is 0 Å². The Hall–Kier alpha value is -2.25. The van der Waals surface area contributed by atoms with Gasteiger partial charge in [0.15, 0.2) is 0 Å². The Morgan fingerprint density at radius 1 is 1.41 bits per heavy atom. The zero-order valence-electron chi connectivity index (χ0n) is 8.79. The number of rotatable bonds is 3. The Labute approximate surface area is 96.4 Å². The molecule has 2 rings (SSSR count). The van der Waals surface area contributed by atoms with Gasteiger partial charge < -0.3 is 21.1 Å². The highest BCUT2D eigenvalue weighted by Crippen LogP contribution is 2.09. The predicted molar refractivity (Wildman–Crippen MR) is 61.5 cm³/mol. The van der Waals surface area contributed by atoms with Gasteiger partial charge in [-0.15, -0.1) is 0 Å². The van der Waals surface area contributed by atoms with Crippen LogP contribution in [0.25, 0.3) is 0 Å². The molecule has 7 nitrogen and oxygen atoms in total. The molecule has 1 atom stereocenters. The Bertz CT molecular complexity index is 552. The van der Waals surface area contributed by atoms with Crippen LogP contribution in [-0.4, -0.2) is 20.1 Å². The molecule has 0 aromatic carbocycles. The lowest BCUT2D eigenvalue weighted by molar-refractivity contribution is 0.181. The second-order valence-electron chi connectivity index (χ2n) is 3.32. The van der Waals surface area contributed by atoms with E-state index in [9.17, 15) is 4.79 Å². The molecule has 5 N–H and O–H groups in total. The smallest absolute Gasteiger partial charge is 0.271 e. The Balaban J connectivity index is 2.26. The number of nitrogens with one attached hydrogen (secondary N) is 2. The SMILES string of the molecule is NC(O)c1ccc(Nc2ccncn2)c(=O)[nH]1.